The number of halogens is 1. The first-order valence-corrected chi connectivity index (χ1v) is 7.28. The van der Waals surface area contributed by atoms with Gasteiger partial charge in [0.1, 0.15) is 17.5 Å². The molecule has 20 heavy (non-hydrogen) atoms. The summed E-state index contributed by atoms with van der Waals surface area (Å²) in [4.78, 5) is 8.81. The highest BCUT2D eigenvalue weighted by atomic mass is 79.9. The van der Waals surface area contributed by atoms with Crippen molar-refractivity contribution in [1.82, 2.24) is 9.97 Å². The molecule has 0 amide bonds. The quantitative estimate of drug-likeness (QED) is 0.867. The van der Waals surface area contributed by atoms with Gasteiger partial charge in [0, 0.05) is 21.8 Å². The summed E-state index contributed by atoms with van der Waals surface area (Å²) in [6.07, 6.45) is 0. The number of rotatable bonds is 3. The summed E-state index contributed by atoms with van der Waals surface area (Å²) in [5, 5.41) is 6.64. The van der Waals surface area contributed by atoms with Crippen LogP contribution in [0.4, 0.5) is 17.3 Å². The Kier molecular flexibility index (Phi) is 4.28. The second-order valence-corrected chi connectivity index (χ2v) is 6.61. The molecule has 0 spiro atoms. The van der Waals surface area contributed by atoms with Crippen molar-refractivity contribution in [2.24, 2.45) is 0 Å². The van der Waals surface area contributed by atoms with Crippen LogP contribution in [0.15, 0.2) is 34.8 Å². The molecule has 106 valence electrons. The Balaban J connectivity index is 2.21. The van der Waals surface area contributed by atoms with Crippen molar-refractivity contribution in [1.29, 1.82) is 0 Å². The molecule has 0 fully saturated rings. The summed E-state index contributed by atoms with van der Waals surface area (Å²) in [7, 11) is 0. The molecule has 0 saturated heterocycles. The van der Waals surface area contributed by atoms with Crippen LogP contribution in [0.2, 0.25) is 0 Å². The molecule has 0 aliphatic rings. The number of aromatic nitrogens is 2. The van der Waals surface area contributed by atoms with Gasteiger partial charge in [-0.15, -0.1) is 0 Å². The minimum absolute atomic E-state index is 0.0321. The molecule has 2 rings (SSSR count). The maximum absolute atomic E-state index is 4.41. The number of anilines is 3. The summed E-state index contributed by atoms with van der Waals surface area (Å²) < 4.78 is 1.05. The van der Waals surface area contributed by atoms with E-state index < -0.39 is 0 Å². The molecule has 4 nitrogen and oxygen atoms in total. The Morgan fingerprint density at radius 2 is 1.60 bits per heavy atom. The Bertz CT molecular complexity index is 588. The lowest BCUT2D eigenvalue weighted by atomic mass is 10.1. The van der Waals surface area contributed by atoms with Gasteiger partial charge < -0.3 is 10.6 Å². The van der Waals surface area contributed by atoms with Gasteiger partial charge in [0.05, 0.1) is 0 Å². The molecule has 0 radical (unpaired) electrons. The molecule has 2 aromatic rings. The Morgan fingerprint density at radius 3 is 2.20 bits per heavy atom. The van der Waals surface area contributed by atoms with E-state index in [9.17, 15) is 0 Å². The molecule has 5 heteroatoms. The summed E-state index contributed by atoms with van der Waals surface area (Å²) in [5.41, 5.74) is 0.961. The summed E-state index contributed by atoms with van der Waals surface area (Å²) in [6.45, 7) is 8.20. The van der Waals surface area contributed by atoms with Gasteiger partial charge in [-0.3, -0.25) is 0 Å². The predicted molar refractivity (Wildman–Crippen MR) is 87.6 cm³/mol. The van der Waals surface area contributed by atoms with Crippen LogP contribution in [0.1, 0.15) is 26.6 Å². The fourth-order valence-electron chi connectivity index (χ4n) is 1.76. The zero-order chi connectivity index (χ0) is 14.8. The van der Waals surface area contributed by atoms with Crippen LogP contribution in [0.5, 0.6) is 0 Å². The maximum atomic E-state index is 4.41. The van der Waals surface area contributed by atoms with Crippen LogP contribution in [0, 0.1) is 6.92 Å². The van der Waals surface area contributed by atoms with Crippen LogP contribution in [-0.2, 0) is 0 Å². The fourth-order valence-corrected chi connectivity index (χ4v) is 2.03. The molecule has 2 N–H and O–H groups in total. The molecule has 1 heterocycles. The molecule has 1 aromatic carbocycles. The Labute approximate surface area is 128 Å². The van der Waals surface area contributed by atoms with Crippen molar-refractivity contribution >= 4 is 33.3 Å². The van der Waals surface area contributed by atoms with Gasteiger partial charge in [-0.1, -0.05) is 15.9 Å². The topological polar surface area (TPSA) is 49.8 Å². The molecule has 0 bridgehead atoms. The number of hydrogen-bond donors (Lipinski definition) is 2. The third kappa shape index (κ3) is 4.49. The lowest BCUT2D eigenvalue weighted by Gasteiger charge is -2.21. The highest BCUT2D eigenvalue weighted by Crippen LogP contribution is 2.21. The first-order valence-electron chi connectivity index (χ1n) is 6.48. The summed E-state index contributed by atoms with van der Waals surface area (Å²) in [5.74, 6) is 2.34. The highest BCUT2D eigenvalue weighted by molar-refractivity contribution is 9.10. The smallest absolute Gasteiger partial charge is 0.136 e. The Morgan fingerprint density at radius 1 is 1.00 bits per heavy atom. The van der Waals surface area contributed by atoms with Crippen LogP contribution in [0.3, 0.4) is 0 Å². The molecule has 1 aromatic heterocycles. The second kappa shape index (κ2) is 5.79. The molecule has 0 saturated carbocycles. The van der Waals surface area contributed by atoms with Crippen LogP contribution < -0.4 is 10.6 Å². The highest BCUT2D eigenvalue weighted by Gasteiger charge is 2.11. The average Bonchev–Trinajstić information content (AvgIpc) is 2.29. The van der Waals surface area contributed by atoms with Crippen molar-refractivity contribution in [3.05, 3.63) is 40.6 Å². The van der Waals surface area contributed by atoms with Gasteiger partial charge in [-0.05, 0) is 52.0 Å². The second-order valence-electron chi connectivity index (χ2n) is 5.69. The van der Waals surface area contributed by atoms with E-state index in [1.807, 2.05) is 37.3 Å². The van der Waals surface area contributed by atoms with E-state index in [4.69, 9.17) is 0 Å². The van der Waals surface area contributed by atoms with Gasteiger partial charge in [0.15, 0.2) is 0 Å². The molecular weight excluding hydrogens is 316 g/mol. The molecule has 0 aliphatic carbocycles. The largest absolute Gasteiger partial charge is 0.365 e. The maximum Gasteiger partial charge on any atom is 0.136 e. The zero-order valence-electron chi connectivity index (χ0n) is 12.2. The van der Waals surface area contributed by atoms with Gasteiger partial charge in [-0.25, -0.2) is 9.97 Å². The minimum atomic E-state index is -0.0321. The monoisotopic (exact) mass is 334 g/mol. The first-order chi connectivity index (χ1) is 9.32. The van der Waals surface area contributed by atoms with E-state index in [0.717, 1.165) is 27.6 Å². The number of aryl methyl sites for hydroxylation is 1. The number of benzene rings is 1. The van der Waals surface area contributed by atoms with Crippen molar-refractivity contribution in [2.45, 2.75) is 33.2 Å². The van der Waals surface area contributed by atoms with Gasteiger partial charge in [0.2, 0.25) is 0 Å². The van der Waals surface area contributed by atoms with E-state index in [0.29, 0.717) is 0 Å². The molecule has 0 atom stereocenters. The Hall–Kier alpha value is -1.62. The lowest BCUT2D eigenvalue weighted by molar-refractivity contribution is 0.629. The molecular formula is C15H19BrN4. The first kappa shape index (κ1) is 14.8. The number of nitrogens with one attached hydrogen (secondary N) is 2. The van der Waals surface area contributed by atoms with E-state index in [1.54, 1.807) is 0 Å². The van der Waals surface area contributed by atoms with E-state index in [1.165, 1.54) is 0 Å². The van der Waals surface area contributed by atoms with E-state index in [2.05, 4.69) is 57.3 Å². The van der Waals surface area contributed by atoms with Crippen molar-refractivity contribution in [3.8, 4) is 0 Å². The SMILES string of the molecule is Cc1nc(Nc2ccc(Br)cc2)cc(NC(C)(C)C)n1. The van der Waals surface area contributed by atoms with Gasteiger partial charge in [0.25, 0.3) is 0 Å². The standard InChI is InChI=1S/C15H19BrN4/c1-10-17-13(9-14(18-10)20-15(2,3)4)19-12-7-5-11(16)6-8-12/h5-9H,1-4H3,(H2,17,18,19,20). The number of hydrogen-bond acceptors (Lipinski definition) is 4. The fraction of sp³-hybridized carbons (Fsp3) is 0.333. The van der Waals surface area contributed by atoms with Crippen molar-refractivity contribution < 1.29 is 0 Å². The molecule has 0 aliphatic heterocycles. The van der Waals surface area contributed by atoms with Crippen molar-refractivity contribution in [2.75, 3.05) is 10.6 Å². The molecule has 0 unspecified atom stereocenters. The minimum Gasteiger partial charge on any atom is -0.365 e. The third-order valence-corrected chi connectivity index (χ3v) is 2.99. The third-order valence-electron chi connectivity index (χ3n) is 2.46. The van der Waals surface area contributed by atoms with Crippen LogP contribution in [0.25, 0.3) is 0 Å². The van der Waals surface area contributed by atoms with Crippen molar-refractivity contribution in [3.63, 3.8) is 0 Å². The van der Waals surface area contributed by atoms with Crippen LogP contribution >= 0.6 is 15.9 Å². The van der Waals surface area contributed by atoms with E-state index >= 15 is 0 Å². The normalized spacial score (nSPS) is 11.2. The summed E-state index contributed by atoms with van der Waals surface area (Å²) >= 11 is 3.42. The average molecular weight is 335 g/mol. The lowest BCUT2D eigenvalue weighted by Crippen LogP contribution is -2.26. The zero-order valence-corrected chi connectivity index (χ0v) is 13.7. The predicted octanol–water partition coefficient (Wildman–Crippen LogP) is 4.50. The van der Waals surface area contributed by atoms with Gasteiger partial charge in [-0.2, -0.15) is 0 Å². The van der Waals surface area contributed by atoms with Crippen LogP contribution in [-0.4, -0.2) is 15.5 Å². The van der Waals surface area contributed by atoms with E-state index in [-0.39, 0.29) is 5.54 Å². The number of nitrogens with zero attached hydrogens (tertiary/aromatic N) is 2. The summed E-state index contributed by atoms with van der Waals surface area (Å²) in [6, 6.07) is 9.90. The van der Waals surface area contributed by atoms with Gasteiger partial charge >= 0.3 is 0 Å².